The van der Waals surface area contributed by atoms with Gasteiger partial charge in [0.05, 0.1) is 5.56 Å². The average molecular weight is 369 g/mol. The van der Waals surface area contributed by atoms with Crippen molar-refractivity contribution < 1.29 is 14.6 Å². The number of ether oxygens (including phenoxy) is 1. The fraction of sp³-hybridized carbons (Fsp3) is 0.333. The Bertz CT molecular complexity index is 794. The molecular formula is C21H23NO3S. The van der Waals surface area contributed by atoms with Crippen molar-refractivity contribution in [2.75, 3.05) is 5.75 Å². The highest BCUT2D eigenvalue weighted by atomic mass is 32.2. The third-order valence-electron chi connectivity index (χ3n) is 4.09. The Balaban J connectivity index is 2.08. The minimum atomic E-state index is -0.156. The van der Waals surface area contributed by atoms with E-state index in [0.717, 1.165) is 24.2 Å². The van der Waals surface area contributed by atoms with Crippen LogP contribution in [0.15, 0.2) is 36.4 Å². The van der Waals surface area contributed by atoms with E-state index in [1.807, 2.05) is 31.2 Å². The number of carbonyl (C=O) groups excluding carboxylic acids is 1. The number of rotatable bonds is 9. The van der Waals surface area contributed by atoms with Gasteiger partial charge in [0.15, 0.2) is 5.78 Å². The summed E-state index contributed by atoms with van der Waals surface area (Å²) in [6, 6.07) is 11.5. The third kappa shape index (κ3) is 5.27. The number of Topliss-reactive ketones (excluding diaryl/α,β-unsaturated/α-hetero) is 1. The number of benzene rings is 2. The van der Waals surface area contributed by atoms with E-state index in [1.54, 1.807) is 12.1 Å². The summed E-state index contributed by atoms with van der Waals surface area (Å²) in [6.07, 6.45) is 2.36. The van der Waals surface area contributed by atoms with Gasteiger partial charge in [0.25, 0.3) is 0 Å². The van der Waals surface area contributed by atoms with Crippen molar-refractivity contribution in [2.45, 2.75) is 39.7 Å². The maximum Gasteiger partial charge on any atom is 0.163 e. The molecule has 0 unspecified atom stereocenters. The zero-order valence-corrected chi connectivity index (χ0v) is 15.9. The second-order valence-corrected chi connectivity index (χ2v) is 6.92. The zero-order chi connectivity index (χ0) is 18.9. The molecule has 0 saturated carbocycles. The molecule has 0 atom stereocenters. The van der Waals surface area contributed by atoms with Gasteiger partial charge in [0.2, 0.25) is 0 Å². The first-order valence-corrected chi connectivity index (χ1v) is 9.62. The molecule has 26 heavy (non-hydrogen) atoms. The highest BCUT2D eigenvalue weighted by Gasteiger charge is 2.15. The Morgan fingerprint density at radius 1 is 1.15 bits per heavy atom. The molecule has 0 aliphatic carbocycles. The second-order valence-electron chi connectivity index (χ2n) is 6.04. The fourth-order valence-electron chi connectivity index (χ4n) is 2.71. The topological polar surface area (TPSA) is 70.3 Å². The standard InChI is InChI=1S/C21H23NO3S/c1-3-4-19-20(10-9-18(15(2)23)21(19)24)25-13-17-7-5-16(6-8-17)11-12-26-14-22/h5-10,24H,3-4,11-13H2,1-2H3. The smallest absolute Gasteiger partial charge is 0.163 e. The van der Waals surface area contributed by atoms with Crippen molar-refractivity contribution in [1.82, 2.24) is 0 Å². The fourth-order valence-corrected chi connectivity index (χ4v) is 3.14. The number of hydrogen-bond acceptors (Lipinski definition) is 5. The molecule has 0 radical (unpaired) electrons. The van der Waals surface area contributed by atoms with E-state index in [9.17, 15) is 9.90 Å². The molecule has 0 bridgehead atoms. The van der Waals surface area contributed by atoms with E-state index < -0.39 is 0 Å². The minimum absolute atomic E-state index is 0.0298. The zero-order valence-electron chi connectivity index (χ0n) is 15.1. The predicted octanol–water partition coefficient (Wildman–Crippen LogP) is 4.88. The van der Waals surface area contributed by atoms with Gasteiger partial charge in [-0.25, -0.2) is 0 Å². The third-order valence-corrected chi connectivity index (χ3v) is 4.63. The summed E-state index contributed by atoms with van der Waals surface area (Å²) in [5, 5.41) is 21.0. The molecule has 136 valence electrons. The normalized spacial score (nSPS) is 10.3. The number of aromatic hydroxyl groups is 1. The second kappa shape index (κ2) is 9.88. The molecule has 0 aliphatic heterocycles. The maximum atomic E-state index is 11.6. The molecule has 0 spiro atoms. The molecule has 0 heterocycles. The van der Waals surface area contributed by atoms with Crippen LogP contribution in [0.2, 0.25) is 0 Å². The number of carbonyl (C=O) groups is 1. The number of ketones is 1. The van der Waals surface area contributed by atoms with Crippen molar-refractivity contribution in [3.05, 3.63) is 58.7 Å². The van der Waals surface area contributed by atoms with E-state index in [4.69, 9.17) is 10.00 Å². The van der Waals surface area contributed by atoms with Crippen LogP contribution in [0.25, 0.3) is 0 Å². The molecule has 0 amide bonds. The average Bonchev–Trinajstić information content (AvgIpc) is 2.63. The van der Waals surface area contributed by atoms with E-state index >= 15 is 0 Å². The van der Waals surface area contributed by atoms with Gasteiger partial charge in [-0.05, 0) is 54.8 Å². The van der Waals surface area contributed by atoms with Crippen molar-refractivity contribution >= 4 is 17.5 Å². The van der Waals surface area contributed by atoms with Gasteiger partial charge >= 0.3 is 0 Å². The Morgan fingerprint density at radius 3 is 2.46 bits per heavy atom. The van der Waals surface area contributed by atoms with Crippen LogP contribution in [0.5, 0.6) is 11.5 Å². The largest absolute Gasteiger partial charge is 0.507 e. The van der Waals surface area contributed by atoms with Gasteiger partial charge in [-0.15, -0.1) is 0 Å². The highest BCUT2D eigenvalue weighted by molar-refractivity contribution is 8.03. The van der Waals surface area contributed by atoms with Crippen LogP contribution in [-0.2, 0) is 19.4 Å². The van der Waals surface area contributed by atoms with Crippen LogP contribution in [0.3, 0.4) is 0 Å². The highest BCUT2D eigenvalue weighted by Crippen LogP contribution is 2.33. The number of hydrogen-bond donors (Lipinski definition) is 1. The Kier molecular flexibility index (Phi) is 7.55. The summed E-state index contributed by atoms with van der Waals surface area (Å²) in [4.78, 5) is 11.6. The molecular weight excluding hydrogens is 346 g/mol. The summed E-state index contributed by atoms with van der Waals surface area (Å²) in [5.41, 5.74) is 3.23. The molecule has 0 saturated heterocycles. The molecule has 0 fully saturated rings. The van der Waals surface area contributed by atoms with Crippen molar-refractivity contribution in [3.8, 4) is 16.9 Å². The van der Waals surface area contributed by atoms with Gasteiger partial charge < -0.3 is 9.84 Å². The molecule has 0 aliphatic rings. The Labute approximate surface area is 158 Å². The molecule has 2 aromatic rings. The summed E-state index contributed by atoms with van der Waals surface area (Å²) >= 11 is 1.26. The number of nitrogens with zero attached hydrogens (tertiary/aromatic N) is 1. The van der Waals surface area contributed by atoms with Gasteiger partial charge in [-0.1, -0.05) is 37.6 Å². The van der Waals surface area contributed by atoms with E-state index in [0.29, 0.717) is 29.9 Å². The van der Waals surface area contributed by atoms with Crippen LogP contribution in [0.4, 0.5) is 0 Å². The summed E-state index contributed by atoms with van der Waals surface area (Å²) < 4.78 is 5.91. The summed E-state index contributed by atoms with van der Waals surface area (Å²) in [7, 11) is 0. The lowest BCUT2D eigenvalue weighted by atomic mass is 10.0. The Hall–Kier alpha value is -2.45. The number of thiocyanates is 1. The lowest BCUT2D eigenvalue weighted by molar-refractivity contribution is 0.101. The summed E-state index contributed by atoms with van der Waals surface area (Å²) in [5.74, 6) is 1.27. The molecule has 4 nitrogen and oxygen atoms in total. The van der Waals surface area contributed by atoms with Gasteiger partial charge in [-0.3, -0.25) is 4.79 Å². The van der Waals surface area contributed by atoms with Gasteiger partial charge in [-0.2, -0.15) is 5.26 Å². The predicted molar refractivity (Wildman–Crippen MR) is 105 cm³/mol. The number of phenolic OH excluding ortho intramolecular Hbond substituents is 1. The van der Waals surface area contributed by atoms with Crippen molar-refractivity contribution in [3.63, 3.8) is 0 Å². The molecule has 5 heteroatoms. The van der Waals surface area contributed by atoms with Crippen molar-refractivity contribution in [2.24, 2.45) is 0 Å². The van der Waals surface area contributed by atoms with Crippen LogP contribution in [0.1, 0.15) is 47.3 Å². The lowest BCUT2D eigenvalue weighted by Gasteiger charge is -2.15. The quantitative estimate of drug-likeness (QED) is 0.387. The molecule has 2 rings (SSSR count). The number of phenols is 1. The first-order valence-electron chi connectivity index (χ1n) is 8.64. The SMILES string of the molecule is CCCc1c(OCc2ccc(CCSC#N)cc2)ccc(C(C)=O)c1O. The minimum Gasteiger partial charge on any atom is -0.507 e. The van der Waals surface area contributed by atoms with E-state index in [-0.39, 0.29) is 11.5 Å². The van der Waals surface area contributed by atoms with Crippen LogP contribution in [-0.4, -0.2) is 16.6 Å². The van der Waals surface area contributed by atoms with Crippen LogP contribution in [0, 0.1) is 10.7 Å². The molecule has 2 aromatic carbocycles. The molecule has 0 aromatic heterocycles. The van der Waals surface area contributed by atoms with E-state index in [2.05, 4.69) is 5.40 Å². The summed E-state index contributed by atoms with van der Waals surface area (Å²) in [6.45, 7) is 3.86. The maximum absolute atomic E-state index is 11.6. The lowest BCUT2D eigenvalue weighted by Crippen LogP contribution is -2.02. The van der Waals surface area contributed by atoms with Crippen LogP contribution >= 0.6 is 11.8 Å². The number of nitriles is 1. The Morgan fingerprint density at radius 2 is 1.85 bits per heavy atom. The van der Waals surface area contributed by atoms with E-state index in [1.165, 1.54) is 24.2 Å². The first kappa shape index (κ1) is 19.9. The van der Waals surface area contributed by atoms with Crippen molar-refractivity contribution in [1.29, 1.82) is 5.26 Å². The number of thioether (sulfide) groups is 1. The van der Waals surface area contributed by atoms with Crippen LogP contribution < -0.4 is 4.74 Å². The number of aryl methyl sites for hydroxylation is 1. The monoisotopic (exact) mass is 369 g/mol. The first-order chi connectivity index (χ1) is 12.6. The van der Waals surface area contributed by atoms with Gasteiger partial charge in [0.1, 0.15) is 23.5 Å². The van der Waals surface area contributed by atoms with Gasteiger partial charge in [0, 0.05) is 11.3 Å². The molecule has 1 N–H and O–H groups in total.